The number of rotatable bonds is 33. The van der Waals surface area contributed by atoms with Gasteiger partial charge in [0.15, 0.2) is 0 Å². The first kappa shape index (κ1) is 79.8. The van der Waals surface area contributed by atoms with Crippen molar-refractivity contribution >= 4 is 68.5 Å². The van der Waals surface area contributed by atoms with Crippen molar-refractivity contribution in [3.63, 3.8) is 0 Å². The zero-order chi connectivity index (χ0) is 64.6. The molecule has 3 aliphatic rings. The maximum absolute atomic E-state index is 12.2. The molecule has 480 valence electrons. The van der Waals surface area contributed by atoms with E-state index in [1.807, 2.05) is 78.5 Å². The van der Waals surface area contributed by atoms with Crippen LogP contribution in [0.3, 0.4) is 0 Å². The van der Waals surface area contributed by atoms with Gasteiger partial charge in [0.1, 0.15) is 48.6 Å². The van der Waals surface area contributed by atoms with Crippen LogP contribution in [0, 0.1) is 23.7 Å². The van der Waals surface area contributed by atoms with Gasteiger partial charge in [0, 0.05) is 56.3 Å². The Balaban J connectivity index is 0.00000118. The Morgan fingerprint density at radius 1 is 0.713 bits per heavy atom. The number of unbranched alkanes of at least 4 members (excludes halogenated alkanes) is 7. The average Bonchev–Trinajstić information content (AvgIpc) is 3.68. The number of allylic oxidation sites excluding steroid dienone is 4. The number of methoxy groups -OCH3 is 3. The molecule has 17 nitrogen and oxygen atoms in total. The Bertz CT molecular complexity index is 2410. The highest BCUT2D eigenvalue weighted by atomic mass is 32.2. The molecule has 3 aromatic rings. The summed E-state index contributed by atoms with van der Waals surface area (Å²) >= 11 is 1.67. The lowest BCUT2D eigenvalue weighted by molar-refractivity contribution is -0.140. The van der Waals surface area contributed by atoms with Gasteiger partial charge in [0.25, 0.3) is 6.47 Å². The van der Waals surface area contributed by atoms with E-state index >= 15 is 0 Å². The number of carboxylic acid groups (broad SMARTS) is 1. The predicted molar refractivity (Wildman–Crippen MR) is 351 cm³/mol. The maximum atomic E-state index is 12.2. The summed E-state index contributed by atoms with van der Waals surface area (Å²) < 4.78 is 32.9. The number of ether oxygens (including phenoxy) is 6. The Morgan fingerprint density at radius 2 is 1.29 bits per heavy atom. The number of carbonyl (C=O) groups excluding carboxylic acids is 5. The van der Waals surface area contributed by atoms with Gasteiger partial charge in [-0.15, -0.1) is 24.9 Å². The number of carbonyl (C=O) groups is 6. The lowest BCUT2D eigenvalue weighted by Gasteiger charge is -2.28. The van der Waals surface area contributed by atoms with E-state index in [2.05, 4.69) is 54.8 Å². The van der Waals surface area contributed by atoms with E-state index in [9.17, 15) is 14.4 Å². The molecule has 3 aliphatic carbocycles. The number of aldehydes is 3. The number of hydrogen-bond donors (Lipinski definition) is 2. The highest BCUT2D eigenvalue weighted by molar-refractivity contribution is 7.99. The summed E-state index contributed by atoms with van der Waals surface area (Å²) in [7, 11) is 6.04. The molecule has 2 saturated carbocycles. The van der Waals surface area contributed by atoms with E-state index in [1.165, 1.54) is 37.3 Å². The minimum Gasteiger partial charge on any atom is -0.497 e. The number of hydrogen-bond acceptors (Lipinski definition) is 17. The van der Waals surface area contributed by atoms with Crippen molar-refractivity contribution in [2.24, 2.45) is 33.8 Å². The summed E-state index contributed by atoms with van der Waals surface area (Å²) in [5.74, 6) is 4.31. The summed E-state index contributed by atoms with van der Waals surface area (Å²) in [4.78, 5) is 64.4. The number of aliphatic hydroxyl groups excluding tert-OH is 1. The number of nitrogens with zero attached hydrogens (tertiary/aromatic N) is 3. The third-order valence-electron chi connectivity index (χ3n) is 13.9. The van der Waals surface area contributed by atoms with Crippen molar-refractivity contribution in [1.29, 1.82) is 0 Å². The molecule has 0 aliphatic heterocycles. The summed E-state index contributed by atoms with van der Waals surface area (Å²) in [6.45, 7) is 19.2. The van der Waals surface area contributed by atoms with Crippen LogP contribution in [-0.4, -0.2) is 133 Å². The van der Waals surface area contributed by atoms with Crippen LogP contribution in [0.5, 0.6) is 23.0 Å². The molecule has 0 bridgehead atoms. The molecule has 87 heavy (non-hydrogen) atoms. The largest absolute Gasteiger partial charge is 0.497 e. The summed E-state index contributed by atoms with van der Waals surface area (Å²) in [6, 6.07) is 20.8. The summed E-state index contributed by atoms with van der Waals surface area (Å²) in [5.41, 5.74) is 3.21. The van der Waals surface area contributed by atoms with Gasteiger partial charge in [-0.05, 0) is 175 Å². The van der Waals surface area contributed by atoms with Gasteiger partial charge in [-0.1, -0.05) is 74.8 Å². The Labute approximate surface area is 523 Å². The van der Waals surface area contributed by atoms with Crippen molar-refractivity contribution in [1.82, 2.24) is 5.01 Å². The highest BCUT2D eigenvalue weighted by Crippen LogP contribution is 2.35. The van der Waals surface area contributed by atoms with Gasteiger partial charge < -0.3 is 53.0 Å². The molecule has 0 heterocycles. The predicted octanol–water partition coefficient (Wildman–Crippen LogP) is 14.1. The molecule has 18 heteroatoms. The van der Waals surface area contributed by atoms with Crippen molar-refractivity contribution in [3.8, 4) is 23.0 Å². The smallest absolute Gasteiger partial charge is 0.314 e. The first-order chi connectivity index (χ1) is 42.6. The zero-order valence-corrected chi connectivity index (χ0v) is 53.0. The first-order valence-electron chi connectivity index (χ1n) is 29.7. The van der Waals surface area contributed by atoms with Crippen LogP contribution in [0.1, 0.15) is 128 Å². The molecule has 2 N–H and O–H groups in total. The quantitative estimate of drug-likeness (QED) is 0.00552. The molecule has 6 rings (SSSR count). The van der Waals surface area contributed by atoms with Gasteiger partial charge >= 0.3 is 5.97 Å². The van der Waals surface area contributed by atoms with E-state index in [1.54, 1.807) is 51.4 Å². The molecule has 0 spiro atoms. The topological polar surface area (TPSA) is 226 Å². The molecule has 2 fully saturated rings. The van der Waals surface area contributed by atoms with Crippen molar-refractivity contribution in [3.05, 3.63) is 134 Å². The maximum Gasteiger partial charge on any atom is 0.314 e. The lowest BCUT2D eigenvalue weighted by Crippen LogP contribution is -2.26. The molecular formula is C69H99N3O14S. The third-order valence-corrected chi connectivity index (χ3v) is 15.0. The summed E-state index contributed by atoms with van der Waals surface area (Å²) in [6.07, 6.45) is 36.5. The molecule has 0 amide bonds. The second-order valence-electron chi connectivity index (χ2n) is 19.9. The standard InChI is InChI=1S/C22H30O4.C21H25N3O2S.C20H32O3.C3H4O.CH2O2.CH4O.CH2O/c1-2-3-4-5-6-7-16-25-20-12-14-21(15-13-20)26-22(24)19-10-8-18(17-23)9-11-19;1-5-6-13-24(16-27-21-10-8-7-9-19(21)22-2)23-15-17-14-18(25-3)11-12-20(17)26-4;1-22-14-4-2-3-5-15-23-20-12-10-19(11-13-20)18-8-6-17(16-21)7-9-18;1-2-3-4;2-1-3;2*1-2/h2,12-15,17-19H,1,3-11,16H2;5,7-12,14-15H,1-2,6,13,16H2,3-4H3;10-12,16-18,20H,2-9,13-15H2,1H3;2-3H,1H2;1H,(H,2,3);2H,1H3;1H2/b;23-15+;;;;;. The number of benzene rings is 3. The molecule has 1 unspecified atom stereocenters. The first-order valence-corrected chi connectivity index (χ1v) is 30.7. The molecule has 0 saturated heterocycles. The van der Waals surface area contributed by atoms with E-state index in [0.717, 1.165) is 169 Å². The average molecular weight is 1230 g/mol. The van der Waals surface area contributed by atoms with Gasteiger partial charge in [0.2, 0.25) is 0 Å². The fourth-order valence-electron chi connectivity index (χ4n) is 9.13. The number of thioether (sulfide) groups is 1. The van der Waals surface area contributed by atoms with Gasteiger partial charge in [-0.25, -0.2) is 0 Å². The number of hydrazone groups is 1. The van der Waals surface area contributed by atoms with Crippen LogP contribution in [0.4, 0.5) is 5.69 Å². The Hall–Kier alpha value is -7.25. The van der Waals surface area contributed by atoms with E-state index < -0.39 is 0 Å². The second-order valence-corrected chi connectivity index (χ2v) is 20.9. The van der Waals surface area contributed by atoms with Crippen molar-refractivity contribution < 1.29 is 67.4 Å². The van der Waals surface area contributed by atoms with Gasteiger partial charge in [0.05, 0.1) is 50.6 Å². The van der Waals surface area contributed by atoms with Crippen LogP contribution >= 0.6 is 11.8 Å². The fourth-order valence-corrected chi connectivity index (χ4v) is 10.1. The van der Waals surface area contributed by atoms with E-state index in [-0.39, 0.29) is 30.4 Å². The molecule has 0 aromatic heterocycles. The zero-order valence-electron chi connectivity index (χ0n) is 52.1. The number of aliphatic hydroxyl groups is 1. The normalized spacial score (nSPS) is 16.9. The minimum absolute atomic E-state index is 0.0942. The monoisotopic (exact) mass is 1230 g/mol. The summed E-state index contributed by atoms with van der Waals surface area (Å²) in [5, 5.41) is 20.5. The highest BCUT2D eigenvalue weighted by Gasteiger charge is 2.28. The van der Waals surface area contributed by atoms with Crippen LogP contribution in [0.2, 0.25) is 0 Å². The van der Waals surface area contributed by atoms with E-state index in [4.69, 9.17) is 53.0 Å². The molecule has 0 radical (unpaired) electrons. The van der Waals surface area contributed by atoms with Crippen molar-refractivity contribution in [2.75, 3.05) is 60.7 Å². The van der Waals surface area contributed by atoms with Gasteiger partial charge in [-0.3, -0.25) is 24.4 Å². The number of aliphatic imine (C=N–C) groups is 1. The SMILES string of the molecule is C=CC=O.C=CCCCCCCOc1ccc(OC(=O)C2CCC(C=O)CC2)cc1.C=CCCN(CSc1ccccc1N=C)/N=C/c1cc(OC)ccc1OC.C=O.CO.COCCCCCCOC1C=CC(C2CCC(C=O)CC2)=CC1.O=CO. The third kappa shape index (κ3) is 37.1. The molecule has 1 atom stereocenters. The molecule has 3 aromatic carbocycles. The Kier molecular flexibility index (Phi) is 50.7. The second kappa shape index (κ2) is 55.3. The minimum atomic E-state index is -0.250. The number of esters is 1. The van der Waals surface area contributed by atoms with Crippen LogP contribution < -0.4 is 18.9 Å². The van der Waals surface area contributed by atoms with Crippen LogP contribution in [0.15, 0.2) is 143 Å². The lowest BCUT2D eigenvalue weighted by atomic mass is 9.78. The Morgan fingerprint density at radius 3 is 1.84 bits per heavy atom. The van der Waals surface area contributed by atoms with Crippen molar-refractivity contribution in [2.45, 2.75) is 133 Å². The number of para-hydroxylation sites is 1. The van der Waals surface area contributed by atoms with Crippen LogP contribution in [-0.2, 0) is 38.2 Å². The van der Waals surface area contributed by atoms with E-state index in [0.29, 0.717) is 36.4 Å². The fraction of sp³-hybridized carbons (Fsp3) is 0.478. The van der Waals surface area contributed by atoms with Crippen LogP contribution in [0.25, 0.3) is 0 Å². The van der Waals surface area contributed by atoms with Gasteiger partial charge in [-0.2, -0.15) is 5.10 Å². The molecular weight excluding hydrogens is 1130 g/mol.